The second-order valence-electron chi connectivity index (χ2n) is 9.40. The summed E-state index contributed by atoms with van der Waals surface area (Å²) >= 11 is 0. The number of ether oxygens (including phenoxy) is 1. The molecule has 8 nitrogen and oxygen atoms in total. The summed E-state index contributed by atoms with van der Waals surface area (Å²) in [5, 5.41) is 14.2. The maximum Gasteiger partial charge on any atom is 0.408 e. The number of benzene rings is 2. The third-order valence-electron chi connectivity index (χ3n) is 5.32. The summed E-state index contributed by atoms with van der Waals surface area (Å²) in [6.45, 7) is 7.15. The van der Waals surface area contributed by atoms with Crippen molar-refractivity contribution in [3.8, 4) is 0 Å². The average molecular weight is 472 g/mol. The Balaban J connectivity index is 1.94. The molecular weight excluding hydrogens is 434 g/mol. The summed E-state index contributed by atoms with van der Waals surface area (Å²) in [6.07, 6.45) is 3.08. The first-order valence-corrected chi connectivity index (χ1v) is 11.9. The van der Waals surface area contributed by atoms with Crippen LogP contribution in [0.5, 0.6) is 0 Å². The van der Waals surface area contributed by atoms with E-state index in [2.05, 4.69) is 16.2 Å². The van der Waals surface area contributed by atoms with Gasteiger partial charge in [0.1, 0.15) is 11.6 Å². The smallest absolute Gasteiger partial charge is 0.408 e. The van der Waals surface area contributed by atoms with Gasteiger partial charge in [0.05, 0.1) is 6.10 Å². The number of hydrogen-bond acceptors (Lipinski definition) is 5. The Morgan fingerprint density at radius 3 is 2.29 bits per heavy atom. The van der Waals surface area contributed by atoms with Crippen LogP contribution in [0.3, 0.4) is 0 Å². The predicted octanol–water partition coefficient (Wildman–Crippen LogP) is 4.22. The first kappa shape index (κ1) is 27.1. The van der Waals surface area contributed by atoms with Gasteiger partial charge in [0, 0.05) is 5.56 Å². The van der Waals surface area contributed by atoms with Gasteiger partial charge in [0.15, 0.2) is 0 Å². The molecule has 2 aromatic rings. The number of hydrazine groups is 1. The molecule has 0 radical (unpaired) electrons. The summed E-state index contributed by atoms with van der Waals surface area (Å²) < 4.78 is 5.28. The minimum atomic E-state index is -0.872. The van der Waals surface area contributed by atoms with Gasteiger partial charge in [-0.15, -0.1) is 0 Å². The van der Waals surface area contributed by atoms with Crippen molar-refractivity contribution in [2.45, 2.75) is 84.0 Å². The van der Waals surface area contributed by atoms with E-state index < -0.39 is 29.6 Å². The molecular formula is C26H37N3O5. The maximum absolute atomic E-state index is 12.8. The van der Waals surface area contributed by atoms with E-state index in [0.29, 0.717) is 31.2 Å². The van der Waals surface area contributed by atoms with Crippen molar-refractivity contribution in [1.82, 2.24) is 16.2 Å². The molecule has 8 heteroatoms. The summed E-state index contributed by atoms with van der Waals surface area (Å²) in [7, 11) is 0. The van der Waals surface area contributed by atoms with Crippen LogP contribution in [0.25, 0.3) is 10.8 Å². The molecule has 186 valence electrons. The molecule has 0 aliphatic heterocycles. The molecule has 4 N–H and O–H groups in total. The molecule has 0 aliphatic rings. The molecule has 2 aromatic carbocycles. The van der Waals surface area contributed by atoms with E-state index in [4.69, 9.17) is 4.74 Å². The molecule has 0 bridgehead atoms. The molecule has 0 aliphatic carbocycles. The van der Waals surface area contributed by atoms with Crippen LogP contribution in [0.4, 0.5) is 4.79 Å². The van der Waals surface area contributed by atoms with Crippen molar-refractivity contribution in [1.29, 1.82) is 0 Å². The number of fused-ring (bicyclic) bond motifs is 1. The van der Waals surface area contributed by atoms with Crippen LogP contribution < -0.4 is 16.2 Å². The van der Waals surface area contributed by atoms with Crippen molar-refractivity contribution in [2.24, 2.45) is 0 Å². The van der Waals surface area contributed by atoms with Crippen molar-refractivity contribution in [3.05, 3.63) is 48.0 Å². The number of hydrogen-bond donors (Lipinski definition) is 4. The van der Waals surface area contributed by atoms with Gasteiger partial charge < -0.3 is 15.2 Å². The molecule has 3 amide bonds. The number of aliphatic hydroxyl groups excluding tert-OH is 1. The predicted molar refractivity (Wildman–Crippen MR) is 132 cm³/mol. The Morgan fingerprint density at radius 1 is 0.941 bits per heavy atom. The minimum Gasteiger partial charge on any atom is -0.444 e. The zero-order valence-corrected chi connectivity index (χ0v) is 20.5. The first-order valence-electron chi connectivity index (χ1n) is 11.9. The Hall–Kier alpha value is -3.13. The van der Waals surface area contributed by atoms with Crippen LogP contribution in [0.1, 0.15) is 76.6 Å². The second kappa shape index (κ2) is 12.9. The Labute approximate surface area is 201 Å². The lowest BCUT2D eigenvalue weighted by atomic mass is 10.0. The van der Waals surface area contributed by atoms with Gasteiger partial charge >= 0.3 is 6.09 Å². The molecule has 0 spiro atoms. The third-order valence-corrected chi connectivity index (χ3v) is 5.32. The van der Waals surface area contributed by atoms with Crippen molar-refractivity contribution in [3.63, 3.8) is 0 Å². The van der Waals surface area contributed by atoms with Gasteiger partial charge in [-0.3, -0.25) is 20.4 Å². The Morgan fingerprint density at radius 2 is 1.62 bits per heavy atom. The van der Waals surface area contributed by atoms with E-state index in [-0.39, 0.29) is 6.10 Å². The number of carbonyl (C=O) groups is 3. The fraction of sp³-hybridized carbons (Fsp3) is 0.500. The molecule has 0 aromatic heterocycles. The summed E-state index contributed by atoms with van der Waals surface area (Å²) in [6, 6.07) is 12.1. The Bertz CT molecular complexity index is 970. The minimum absolute atomic E-state index is 0.315. The average Bonchev–Trinajstić information content (AvgIpc) is 2.79. The maximum atomic E-state index is 12.8. The lowest BCUT2D eigenvalue weighted by Gasteiger charge is -2.23. The highest BCUT2D eigenvalue weighted by atomic mass is 16.6. The third kappa shape index (κ3) is 9.39. The number of rotatable bonds is 10. The molecule has 2 atom stereocenters. The summed E-state index contributed by atoms with van der Waals surface area (Å²) in [5.74, 6) is -0.989. The van der Waals surface area contributed by atoms with E-state index in [9.17, 15) is 19.5 Å². The highest BCUT2D eigenvalue weighted by Gasteiger charge is 2.24. The zero-order chi connectivity index (χ0) is 25.1. The number of alkyl carbamates (subject to hydrolysis) is 1. The topological polar surface area (TPSA) is 117 Å². The van der Waals surface area contributed by atoms with Gasteiger partial charge in [0.25, 0.3) is 11.8 Å². The van der Waals surface area contributed by atoms with Crippen LogP contribution >= 0.6 is 0 Å². The normalized spacial score (nSPS) is 13.1. The number of nitrogens with one attached hydrogen (secondary N) is 3. The van der Waals surface area contributed by atoms with Crippen molar-refractivity contribution < 1.29 is 24.2 Å². The van der Waals surface area contributed by atoms with Crippen molar-refractivity contribution >= 4 is 28.7 Å². The van der Waals surface area contributed by atoms with Gasteiger partial charge in [-0.2, -0.15) is 0 Å². The van der Waals surface area contributed by atoms with Gasteiger partial charge in [-0.1, -0.05) is 56.5 Å². The first-order chi connectivity index (χ1) is 16.1. The number of aliphatic hydroxyl groups is 1. The van der Waals surface area contributed by atoms with Crippen LogP contribution in [-0.2, 0) is 9.53 Å². The monoisotopic (exact) mass is 471 g/mol. The molecule has 0 heterocycles. The van der Waals surface area contributed by atoms with E-state index in [1.807, 2.05) is 37.3 Å². The molecule has 2 rings (SSSR count). The van der Waals surface area contributed by atoms with Gasteiger partial charge in [-0.05, 0) is 62.9 Å². The van der Waals surface area contributed by atoms with E-state index in [1.165, 1.54) is 0 Å². The molecule has 34 heavy (non-hydrogen) atoms. The lowest BCUT2D eigenvalue weighted by Crippen LogP contribution is -2.53. The quantitative estimate of drug-likeness (QED) is 0.306. The van der Waals surface area contributed by atoms with Crippen LogP contribution in [0.15, 0.2) is 42.5 Å². The fourth-order valence-electron chi connectivity index (χ4n) is 3.44. The zero-order valence-electron chi connectivity index (χ0n) is 20.5. The molecule has 0 fully saturated rings. The number of amides is 3. The van der Waals surface area contributed by atoms with E-state index >= 15 is 0 Å². The lowest BCUT2D eigenvalue weighted by molar-refractivity contribution is -0.124. The SMILES string of the molecule is CCC(O)CCCCC[C@H](NC(=O)OC(C)(C)C)C(=O)NNC(=O)c1ccc2ccccc2c1. The second-order valence-corrected chi connectivity index (χ2v) is 9.40. The van der Waals surface area contributed by atoms with Crippen LogP contribution in [0.2, 0.25) is 0 Å². The van der Waals surface area contributed by atoms with Gasteiger partial charge in [0.2, 0.25) is 0 Å². The fourth-order valence-corrected chi connectivity index (χ4v) is 3.44. The summed E-state index contributed by atoms with van der Waals surface area (Å²) in [5.41, 5.74) is 4.55. The molecule has 0 saturated carbocycles. The highest BCUT2D eigenvalue weighted by Crippen LogP contribution is 2.15. The standard InChI is InChI=1S/C26H37N3O5/c1-5-21(30)13-7-6-8-14-22(27-25(33)34-26(2,3)4)24(32)29-28-23(31)20-16-15-18-11-9-10-12-19(18)17-20/h9-12,15-17,21-22,30H,5-8,13-14H2,1-4H3,(H,27,33)(H,28,31)(H,29,32)/t21?,22-/m0/s1. The molecule has 1 unspecified atom stereocenters. The van der Waals surface area contributed by atoms with Crippen molar-refractivity contribution in [2.75, 3.05) is 0 Å². The van der Waals surface area contributed by atoms with Gasteiger partial charge in [-0.25, -0.2) is 4.79 Å². The van der Waals surface area contributed by atoms with E-state index in [1.54, 1.807) is 32.9 Å². The molecule has 0 saturated heterocycles. The van der Waals surface area contributed by atoms with Crippen LogP contribution in [0, 0.1) is 0 Å². The van der Waals surface area contributed by atoms with E-state index in [0.717, 1.165) is 23.6 Å². The van der Waals surface area contributed by atoms with Crippen LogP contribution in [-0.4, -0.2) is 40.8 Å². The number of carbonyl (C=O) groups excluding carboxylic acids is 3. The Kier molecular flexibility index (Phi) is 10.3. The number of unbranched alkanes of at least 4 members (excludes halogenated alkanes) is 2. The largest absolute Gasteiger partial charge is 0.444 e. The highest BCUT2D eigenvalue weighted by molar-refractivity contribution is 5.99. The summed E-state index contributed by atoms with van der Waals surface area (Å²) in [4.78, 5) is 37.6.